The van der Waals surface area contributed by atoms with Crippen LogP contribution in [0.5, 0.6) is 0 Å². The first-order chi connectivity index (χ1) is 13.2. The summed E-state index contributed by atoms with van der Waals surface area (Å²) in [5, 5.41) is 5.68. The number of nitrogens with one attached hydrogen (secondary N) is 2. The number of amides is 1. The molecule has 1 aromatic heterocycles. The maximum Gasteiger partial charge on any atom is 0.421 e. The second-order valence-electron chi connectivity index (χ2n) is 6.61. The zero-order valence-corrected chi connectivity index (χ0v) is 15.3. The highest BCUT2D eigenvalue weighted by Gasteiger charge is 2.35. The third-order valence-corrected chi connectivity index (χ3v) is 4.51. The largest absolute Gasteiger partial charge is 0.421 e. The van der Waals surface area contributed by atoms with Crippen molar-refractivity contribution in [3.63, 3.8) is 0 Å². The Kier molecular flexibility index (Phi) is 5.57. The van der Waals surface area contributed by atoms with Gasteiger partial charge in [0.05, 0.1) is 11.4 Å². The van der Waals surface area contributed by atoms with E-state index in [4.69, 9.17) is 5.73 Å². The van der Waals surface area contributed by atoms with Gasteiger partial charge in [-0.2, -0.15) is 18.2 Å². The second kappa shape index (κ2) is 7.91. The van der Waals surface area contributed by atoms with E-state index in [1.807, 2.05) is 0 Å². The summed E-state index contributed by atoms with van der Waals surface area (Å²) in [4.78, 5) is 21.1. The van der Waals surface area contributed by atoms with Gasteiger partial charge in [-0.15, -0.1) is 0 Å². The molecule has 0 bridgehead atoms. The second-order valence-corrected chi connectivity index (χ2v) is 6.61. The first-order valence-electron chi connectivity index (χ1n) is 8.82. The van der Waals surface area contributed by atoms with E-state index in [9.17, 15) is 18.0 Å². The number of nitrogens with zero attached hydrogens (tertiary/aromatic N) is 3. The molecule has 10 heteroatoms. The zero-order chi connectivity index (χ0) is 20.3. The Morgan fingerprint density at radius 3 is 2.75 bits per heavy atom. The lowest BCUT2D eigenvalue weighted by atomic mass is 10.1. The number of piperidine rings is 1. The average Bonchev–Trinajstić information content (AvgIpc) is 2.63. The third kappa shape index (κ3) is 4.62. The molecule has 1 atom stereocenters. The van der Waals surface area contributed by atoms with E-state index < -0.39 is 11.7 Å². The molecule has 1 aliphatic heterocycles. The van der Waals surface area contributed by atoms with Crippen LogP contribution in [0.15, 0.2) is 30.5 Å². The maximum absolute atomic E-state index is 13.4. The summed E-state index contributed by atoms with van der Waals surface area (Å²) in [5.74, 6) is -0.371. The molecule has 0 spiro atoms. The molecule has 0 saturated carbocycles. The molecule has 1 amide bonds. The van der Waals surface area contributed by atoms with Gasteiger partial charge in [0, 0.05) is 32.3 Å². The summed E-state index contributed by atoms with van der Waals surface area (Å²) in [6.07, 6.45) is -2.32. The topological polar surface area (TPSA) is 96.2 Å². The molecule has 2 aromatic rings. The Balaban J connectivity index is 1.85. The number of alkyl halides is 3. The van der Waals surface area contributed by atoms with Gasteiger partial charge in [-0.3, -0.25) is 4.79 Å². The van der Waals surface area contributed by atoms with Crippen LogP contribution in [-0.2, 0) is 11.0 Å². The molecule has 0 unspecified atom stereocenters. The monoisotopic (exact) mass is 394 g/mol. The van der Waals surface area contributed by atoms with Crippen molar-refractivity contribution in [1.29, 1.82) is 0 Å². The van der Waals surface area contributed by atoms with Gasteiger partial charge < -0.3 is 21.3 Å². The van der Waals surface area contributed by atoms with Crippen molar-refractivity contribution in [3.8, 4) is 0 Å². The molecule has 1 fully saturated rings. The molecule has 1 aliphatic rings. The molecule has 7 nitrogen and oxygen atoms in total. The molecular weight excluding hydrogens is 373 g/mol. The fraction of sp³-hybridized carbons (Fsp3) is 0.389. The molecule has 4 N–H and O–H groups in total. The number of hydrogen-bond acceptors (Lipinski definition) is 6. The summed E-state index contributed by atoms with van der Waals surface area (Å²) in [6, 6.07) is 6.35. The Labute approximate surface area is 160 Å². The fourth-order valence-corrected chi connectivity index (χ4v) is 3.06. The van der Waals surface area contributed by atoms with Crippen molar-refractivity contribution in [3.05, 3.63) is 36.0 Å². The number of nitrogens with two attached hydrogens (primary N) is 1. The number of halogens is 3. The normalized spacial score (nSPS) is 17.3. The highest BCUT2D eigenvalue weighted by Crippen LogP contribution is 2.36. The summed E-state index contributed by atoms with van der Waals surface area (Å²) >= 11 is 0. The third-order valence-electron chi connectivity index (χ3n) is 4.51. The van der Waals surface area contributed by atoms with Crippen LogP contribution in [0.3, 0.4) is 0 Å². The van der Waals surface area contributed by atoms with Gasteiger partial charge in [0.15, 0.2) is 0 Å². The first-order valence-corrected chi connectivity index (χ1v) is 8.82. The van der Waals surface area contributed by atoms with Crippen LogP contribution < -0.4 is 16.4 Å². The van der Waals surface area contributed by atoms with Crippen LogP contribution in [0.25, 0.3) is 0 Å². The van der Waals surface area contributed by atoms with Gasteiger partial charge in [-0.25, -0.2) is 4.98 Å². The van der Waals surface area contributed by atoms with Gasteiger partial charge in [-0.1, -0.05) is 12.1 Å². The summed E-state index contributed by atoms with van der Waals surface area (Å²) in [7, 11) is 0. The van der Waals surface area contributed by atoms with Crippen LogP contribution in [0, 0.1) is 0 Å². The van der Waals surface area contributed by atoms with Crippen molar-refractivity contribution in [2.24, 2.45) is 0 Å². The van der Waals surface area contributed by atoms with E-state index in [0.717, 1.165) is 19.0 Å². The molecule has 1 saturated heterocycles. The SMILES string of the molecule is CC(=O)N1CCC[C@H](Nc2ncc(C(F)(F)F)c(Nc3ccccc3N)n2)C1. The van der Waals surface area contributed by atoms with Crippen molar-refractivity contribution < 1.29 is 18.0 Å². The number of rotatable bonds is 4. The minimum absolute atomic E-state index is 0.0400. The highest BCUT2D eigenvalue weighted by atomic mass is 19.4. The number of benzene rings is 1. The van der Waals surface area contributed by atoms with Crippen molar-refractivity contribution >= 4 is 29.0 Å². The lowest BCUT2D eigenvalue weighted by molar-refractivity contribution is -0.137. The maximum atomic E-state index is 13.4. The molecule has 1 aromatic carbocycles. The predicted octanol–water partition coefficient (Wildman–Crippen LogP) is 3.24. The van der Waals surface area contributed by atoms with E-state index in [0.29, 0.717) is 24.5 Å². The molecular formula is C18H21F3N6O. The number of para-hydroxylation sites is 2. The Morgan fingerprint density at radius 2 is 2.07 bits per heavy atom. The quantitative estimate of drug-likeness (QED) is 0.689. The summed E-state index contributed by atoms with van der Waals surface area (Å²) in [5.41, 5.74) is 5.44. The molecule has 0 radical (unpaired) electrons. The number of anilines is 4. The van der Waals surface area contributed by atoms with Crippen molar-refractivity contribution in [1.82, 2.24) is 14.9 Å². The Morgan fingerprint density at radius 1 is 1.32 bits per heavy atom. The van der Waals surface area contributed by atoms with Crippen LogP contribution in [0.4, 0.5) is 36.3 Å². The molecule has 2 heterocycles. The minimum atomic E-state index is -4.62. The number of aromatic nitrogens is 2. The Bertz CT molecular complexity index is 857. The van der Waals surface area contributed by atoms with E-state index in [1.54, 1.807) is 29.2 Å². The van der Waals surface area contributed by atoms with E-state index in [-0.39, 0.29) is 23.7 Å². The first kappa shape index (κ1) is 19.7. The van der Waals surface area contributed by atoms with Crippen LogP contribution in [0.1, 0.15) is 25.3 Å². The highest BCUT2D eigenvalue weighted by molar-refractivity contribution is 5.73. The van der Waals surface area contributed by atoms with Crippen molar-refractivity contribution in [2.75, 3.05) is 29.5 Å². The average molecular weight is 394 g/mol. The number of carbonyl (C=O) groups excluding carboxylic acids is 1. The summed E-state index contributed by atoms with van der Waals surface area (Å²) < 4.78 is 40.1. The van der Waals surface area contributed by atoms with Gasteiger partial charge in [0.25, 0.3) is 0 Å². The predicted molar refractivity (Wildman–Crippen MR) is 100 cm³/mol. The zero-order valence-electron chi connectivity index (χ0n) is 15.3. The standard InChI is InChI=1S/C18H21F3N6O/c1-11(28)27-8-4-5-12(10-27)24-17-23-9-13(18(19,20)21)16(26-17)25-15-7-3-2-6-14(15)22/h2-3,6-7,9,12H,4-5,8,10,22H2,1H3,(H2,23,24,25,26)/t12-/m0/s1. The van der Waals surface area contributed by atoms with Gasteiger partial charge >= 0.3 is 6.18 Å². The fourth-order valence-electron chi connectivity index (χ4n) is 3.06. The van der Waals surface area contributed by atoms with Crippen LogP contribution in [-0.4, -0.2) is 39.9 Å². The molecule has 0 aliphatic carbocycles. The number of hydrogen-bond donors (Lipinski definition) is 3. The minimum Gasteiger partial charge on any atom is -0.397 e. The van der Waals surface area contributed by atoms with Crippen LogP contribution in [0.2, 0.25) is 0 Å². The lowest BCUT2D eigenvalue weighted by Crippen LogP contribution is -2.44. The number of carbonyl (C=O) groups is 1. The van der Waals surface area contributed by atoms with E-state index in [2.05, 4.69) is 20.6 Å². The number of likely N-dealkylation sites (tertiary alicyclic amines) is 1. The van der Waals surface area contributed by atoms with Crippen LogP contribution >= 0.6 is 0 Å². The van der Waals surface area contributed by atoms with Gasteiger partial charge in [-0.05, 0) is 25.0 Å². The molecule has 28 heavy (non-hydrogen) atoms. The van der Waals surface area contributed by atoms with E-state index >= 15 is 0 Å². The molecule has 3 rings (SSSR count). The van der Waals surface area contributed by atoms with E-state index in [1.165, 1.54) is 6.92 Å². The van der Waals surface area contributed by atoms with Gasteiger partial charge in [0.1, 0.15) is 11.4 Å². The lowest BCUT2D eigenvalue weighted by Gasteiger charge is -2.32. The molecule has 150 valence electrons. The Hall–Kier alpha value is -3.04. The van der Waals surface area contributed by atoms with Crippen molar-refractivity contribution in [2.45, 2.75) is 32.0 Å². The number of nitrogen functional groups attached to an aromatic ring is 1. The smallest absolute Gasteiger partial charge is 0.397 e. The summed E-state index contributed by atoms with van der Waals surface area (Å²) in [6.45, 7) is 2.61. The van der Waals surface area contributed by atoms with Gasteiger partial charge in [0.2, 0.25) is 11.9 Å².